The fraction of sp³-hybridized carbons (Fsp3) is 0.667. The molecule has 3 aliphatic rings. The molecule has 12 heteroatoms. The van der Waals surface area contributed by atoms with Gasteiger partial charge in [-0.05, 0) is 46.0 Å². The largest absolute Gasteiger partial charge is 0.363 e. The van der Waals surface area contributed by atoms with Crippen molar-refractivity contribution in [3.63, 3.8) is 0 Å². The molecule has 1 aliphatic heterocycles. The van der Waals surface area contributed by atoms with E-state index in [0.717, 1.165) is 18.4 Å². The summed E-state index contributed by atoms with van der Waals surface area (Å²) in [5, 5.41) is 8.44. The topological polar surface area (TPSA) is 171 Å². The highest BCUT2D eigenvalue weighted by Gasteiger charge is 2.70. The van der Waals surface area contributed by atoms with E-state index in [-0.39, 0.29) is 29.1 Å². The maximum absolute atomic E-state index is 14.4. The van der Waals surface area contributed by atoms with Crippen molar-refractivity contribution in [2.24, 2.45) is 39.7 Å². The molecule has 4 rings (SSSR count). The lowest BCUT2D eigenvalue weighted by Crippen LogP contribution is -2.63. The van der Waals surface area contributed by atoms with Gasteiger partial charge < -0.3 is 31.5 Å². The van der Waals surface area contributed by atoms with Crippen LogP contribution in [0.1, 0.15) is 80.2 Å². The predicted octanol–water partition coefficient (Wildman–Crippen LogP) is 2.60. The molecular weight excluding hydrogens is 612 g/mol. The number of urea groups is 1. The van der Waals surface area contributed by atoms with Gasteiger partial charge in [-0.15, -0.1) is 0 Å². The third kappa shape index (κ3) is 8.18. The van der Waals surface area contributed by atoms with Gasteiger partial charge >= 0.3 is 6.03 Å². The highest BCUT2D eigenvalue weighted by molar-refractivity contribution is 6.37. The smallest absolute Gasteiger partial charge is 0.316 e. The van der Waals surface area contributed by atoms with Crippen LogP contribution in [0.2, 0.25) is 0 Å². The van der Waals surface area contributed by atoms with E-state index in [4.69, 9.17) is 5.73 Å². The maximum Gasteiger partial charge on any atom is 0.316 e. The minimum atomic E-state index is -1.11. The van der Waals surface area contributed by atoms with E-state index in [2.05, 4.69) is 16.0 Å². The van der Waals surface area contributed by atoms with Crippen molar-refractivity contribution >= 4 is 35.4 Å². The van der Waals surface area contributed by atoms with Crippen LogP contribution < -0.4 is 21.7 Å². The van der Waals surface area contributed by atoms with Crippen LogP contribution in [0.25, 0.3) is 0 Å². The van der Waals surface area contributed by atoms with E-state index in [1.54, 1.807) is 11.9 Å². The van der Waals surface area contributed by atoms with Gasteiger partial charge in [-0.1, -0.05) is 98.6 Å². The van der Waals surface area contributed by atoms with Crippen LogP contribution in [0.3, 0.4) is 0 Å². The zero-order chi connectivity index (χ0) is 35.9. The fourth-order valence-corrected chi connectivity index (χ4v) is 7.08. The van der Waals surface area contributed by atoms with Gasteiger partial charge in [-0.2, -0.15) is 0 Å². The van der Waals surface area contributed by atoms with Crippen molar-refractivity contribution in [3.8, 4) is 0 Å². The second kappa shape index (κ2) is 13.5. The van der Waals surface area contributed by atoms with E-state index in [1.807, 2.05) is 85.7 Å². The predicted molar refractivity (Wildman–Crippen MR) is 181 cm³/mol. The number of Topliss-reactive ketones (excluding diaryl/α,β-unsaturated/α-hetero) is 1. The van der Waals surface area contributed by atoms with Crippen molar-refractivity contribution in [1.82, 2.24) is 25.8 Å². The first kappa shape index (κ1) is 36.9. The van der Waals surface area contributed by atoms with Gasteiger partial charge in [0.2, 0.25) is 23.5 Å². The average molecular weight is 667 g/mol. The molecule has 1 aromatic rings. The van der Waals surface area contributed by atoms with Crippen LogP contribution in [0, 0.1) is 34.0 Å². The van der Waals surface area contributed by atoms with Gasteiger partial charge in [0.15, 0.2) is 0 Å². The molecule has 0 bridgehead atoms. The van der Waals surface area contributed by atoms with E-state index in [1.165, 1.54) is 4.90 Å². The van der Waals surface area contributed by atoms with Crippen molar-refractivity contribution < 1.29 is 28.8 Å². The number of likely N-dealkylation sites (N-methyl/N-ethyl adjacent to an activating group) is 1. The number of benzene rings is 1. The molecular formula is C36H54N6O6. The molecule has 2 saturated carbocycles. The van der Waals surface area contributed by atoms with Crippen molar-refractivity contribution in [1.29, 1.82) is 0 Å². The number of primary amides is 1. The lowest BCUT2D eigenvalue weighted by molar-refractivity contribution is -0.145. The summed E-state index contributed by atoms with van der Waals surface area (Å²) in [6.07, 6.45) is 2.15. The Hall–Kier alpha value is -3.96. The SMILES string of the molecule is CN(Cc1ccccc1)C(=O)[C@@H](NC(=O)N[C@H](C(=O)N1C[C@H]2[C@@H]([C@H]1C(=O)NC(CC1CC1)C(=O)C(N)=O)C2(C)C)C(C)(C)C)C(C)(C)C. The quantitative estimate of drug-likeness (QED) is 0.250. The lowest BCUT2D eigenvalue weighted by atomic mass is 9.84. The van der Waals surface area contributed by atoms with E-state index >= 15 is 0 Å². The summed E-state index contributed by atoms with van der Waals surface area (Å²) in [6.45, 7) is 15.8. The van der Waals surface area contributed by atoms with Gasteiger partial charge in [-0.25, -0.2) is 4.79 Å². The molecule has 0 spiro atoms. The molecule has 12 nitrogen and oxygen atoms in total. The van der Waals surface area contributed by atoms with Gasteiger partial charge in [0.05, 0.1) is 6.04 Å². The zero-order valence-electron chi connectivity index (χ0n) is 29.9. The van der Waals surface area contributed by atoms with E-state index in [9.17, 15) is 28.8 Å². The third-order valence-corrected chi connectivity index (χ3v) is 10.3. The second-order valence-corrected chi connectivity index (χ2v) is 16.8. The first-order valence-corrected chi connectivity index (χ1v) is 16.9. The van der Waals surface area contributed by atoms with Crippen LogP contribution in [0.5, 0.6) is 0 Å². The van der Waals surface area contributed by atoms with Crippen LogP contribution >= 0.6 is 0 Å². The summed E-state index contributed by atoms with van der Waals surface area (Å²) < 4.78 is 0. The number of ketones is 1. The lowest BCUT2D eigenvalue weighted by Gasteiger charge is -2.39. The molecule has 1 saturated heterocycles. The highest BCUT2D eigenvalue weighted by atomic mass is 16.2. The zero-order valence-corrected chi connectivity index (χ0v) is 29.9. The molecule has 0 aromatic heterocycles. The molecule has 0 radical (unpaired) electrons. The van der Waals surface area contributed by atoms with Gasteiger partial charge in [0.1, 0.15) is 18.1 Å². The van der Waals surface area contributed by atoms with E-state index in [0.29, 0.717) is 19.5 Å². The number of amides is 6. The molecule has 6 atom stereocenters. The maximum atomic E-state index is 14.4. The number of carbonyl (C=O) groups excluding carboxylic acids is 6. The number of rotatable bonds is 12. The van der Waals surface area contributed by atoms with Crippen molar-refractivity contribution in [3.05, 3.63) is 35.9 Å². The summed E-state index contributed by atoms with van der Waals surface area (Å²) in [7, 11) is 1.69. The van der Waals surface area contributed by atoms with E-state index < -0.39 is 64.5 Å². The van der Waals surface area contributed by atoms with Crippen molar-refractivity contribution in [2.75, 3.05) is 13.6 Å². The first-order valence-electron chi connectivity index (χ1n) is 16.9. The van der Waals surface area contributed by atoms with Crippen molar-refractivity contribution in [2.45, 2.75) is 105 Å². The number of nitrogens with two attached hydrogens (primary N) is 1. The summed E-state index contributed by atoms with van der Waals surface area (Å²) in [6, 6.07) is 5.01. The Morgan fingerprint density at radius 1 is 0.917 bits per heavy atom. The highest BCUT2D eigenvalue weighted by Crippen LogP contribution is 2.65. The molecule has 5 N–H and O–H groups in total. The molecule has 6 amide bonds. The molecule has 48 heavy (non-hydrogen) atoms. The van der Waals surface area contributed by atoms with Crippen LogP contribution in [-0.4, -0.2) is 83.0 Å². The minimum Gasteiger partial charge on any atom is -0.363 e. The molecule has 1 aromatic carbocycles. The number of piperidine rings is 1. The second-order valence-electron chi connectivity index (χ2n) is 16.8. The Labute approximate surface area is 284 Å². The summed E-state index contributed by atoms with van der Waals surface area (Å²) >= 11 is 0. The summed E-state index contributed by atoms with van der Waals surface area (Å²) in [5.74, 6) is -3.01. The Kier molecular flexibility index (Phi) is 10.4. The van der Waals surface area contributed by atoms with Gasteiger partial charge in [0.25, 0.3) is 5.91 Å². The van der Waals surface area contributed by atoms with Crippen LogP contribution in [0.4, 0.5) is 4.79 Å². The Morgan fingerprint density at radius 3 is 2.00 bits per heavy atom. The number of nitrogens with zero attached hydrogens (tertiary/aromatic N) is 2. The van der Waals surface area contributed by atoms with Crippen LogP contribution in [0.15, 0.2) is 30.3 Å². The Bertz CT molecular complexity index is 1430. The number of nitrogens with one attached hydrogen (secondary N) is 3. The third-order valence-electron chi connectivity index (χ3n) is 10.3. The normalized spacial score (nSPS) is 23.2. The number of fused-ring (bicyclic) bond motifs is 1. The fourth-order valence-electron chi connectivity index (χ4n) is 7.08. The molecule has 1 unspecified atom stereocenters. The Morgan fingerprint density at radius 2 is 1.48 bits per heavy atom. The monoisotopic (exact) mass is 666 g/mol. The number of hydrogen-bond acceptors (Lipinski definition) is 6. The molecule has 264 valence electrons. The van der Waals surface area contributed by atoms with Gasteiger partial charge in [-0.3, -0.25) is 24.0 Å². The minimum absolute atomic E-state index is 0.0587. The van der Waals surface area contributed by atoms with Gasteiger partial charge in [0, 0.05) is 20.1 Å². The molecule has 1 heterocycles. The Balaban J connectivity index is 1.52. The summed E-state index contributed by atoms with van der Waals surface area (Å²) in [5.41, 5.74) is 4.64. The van der Waals surface area contributed by atoms with Crippen LogP contribution in [-0.2, 0) is 30.5 Å². The number of likely N-dealkylation sites (tertiary alicyclic amines) is 1. The average Bonchev–Trinajstić information content (AvgIpc) is 3.84. The standard InChI is InChI=1S/C36H54N6O6/c1-34(2,3)27(31(46)41(9)18-21-13-11-10-12-14-21)39-33(48)40-28(35(4,5)6)32(47)42-19-22-24(36(22,7)8)25(42)30(45)38-23(17-20-15-16-20)26(43)29(37)44/h10-14,20,22-25,27-28H,15-19H2,1-9H3,(H2,37,44)(H,38,45)(H2,39,40,48)/t22-,23?,24-,25-,27+,28+/m0/s1. The first-order chi connectivity index (χ1) is 22.1. The number of carbonyl (C=O) groups is 6. The molecule has 2 aliphatic carbocycles. The molecule has 3 fully saturated rings. The number of hydrogen-bond donors (Lipinski definition) is 4. The summed E-state index contributed by atoms with van der Waals surface area (Å²) in [4.78, 5) is 83.0.